The number of benzene rings is 1. The van der Waals surface area contributed by atoms with Gasteiger partial charge in [0.15, 0.2) is 6.61 Å². The number of halogens is 1. The number of nitrogens with zero attached hydrogens (tertiary/aromatic N) is 1. The standard InChI is InChI=1S/C16H17ClN2O2/c1-11(2)12-3-6-14(7-4-12)21-10-16(20)19-13-5-8-15(17)18-9-13/h3-9,11H,10H2,1-2H3,(H,19,20). The van der Waals surface area contributed by atoms with Crippen molar-refractivity contribution in [3.63, 3.8) is 0 Å². The average molecular weight is 305 g/mol. The Balaban J connectivity index is 1.84. The molecular weight excluding hydrogens is 288 g/mol. The number of hydrogen-bond donors (Lipinski definition) is 1. The first kappa shape index (κ1) is 15.3. The van der Waals surface area contributed by atoms with Crippen molar-refractivity contribution in [1.82, 2.24) is 4.98 Å². The van der Waals surface area contributed by atoms with E-state index in [9.17, 15) is 4.79 Å². The molecule has 110 valence electrons. The predicted octanol–water partition coefficient (Wildman–Crippen LogP) is 3.88. The van der Waals surface area contributed by atoms with Gasteiger partial charge in [0.05, 0.1) is 11.9 Å². The van der Waals surface area contributed by atoms with Gasteiger partial charge in [0.25, 0.3) is 5.91 Å². The van der Waals surface area contributed by atoms with Crippen LogP contribution in [0.1, 0.15) is 25.3 Å². The first-order valence-corrected chi connectivity index (χ1v) is 7.06. The van der Waals surface area contributed by atoms with Gasteiger partial charge in [0.2, 0.25) is 0 Å². The van der Waals surface area contributed by atoms with Crippen LogP contribution >= 0.6 is 11.6 Å². The topological polar surface area (TPSA) is 51.2 Å². The summed E-state index contributed by atoms with van der Waals surface area (Å²) in [6.07, 6.45) is 1.50. The Bertz CT molecular complexity index is 595. The predicted molar refractivity (Wildman–Crippen MR) is 83.9 cm³/mol. The van der Waals surface area contributed by atoms with Crippen LogP contribution in [0.25, 0.3) is 0 Å². The molecule has 0 aliphatic carbocycles. The lowest BCUT2D eigenvalue weighted by Crippen LogP contribution is -2.20. The smallest absolute Gasteiger partial charge is 0.262 e. The van der Waals surface area contributed by atoms with E-state index in [1.807, 2.05) is 24.3 Å². The molecule has 0 aliphatic heterocycles. The first-order chi connectivity index (χ1) is 10.0. The Kier molecular flexibility index (Phi) is 5.17. The molecule has 0 saturated carbocycles. The number of pyridine rings is 1. The number of carbonyl (C=O) groups is 1. The van der Waals surface area contributed by atoms with Gasteiger partial charge in [-0.3, -0.25) is 4.79 Å². The van der Waals surface area contributed by atoms with Crippen molar-refractivity contribution < 1.29 is 9.53 Å². The van der Waals surface area contributed by atoms with Crippen molar-refractivity contribution in [3.8, 4) is 5.75 Å². The van der Waals surface area contributed by atoms with Gasteiger partial charge in [0.1, 0.15) is 10.9 Å². The largest absolute Gasteiger partial charge is 0.484 e. The highest BCUT2D eigenvalue weighted by atomic mass is 35.5. The summed E-state index contributed by atoms with van der Waals surface area (Å²) >= 11 is 5.68. The molecule has 0 radical (unpaired) electrons. The minimum absolute atomic E-state index is 0.0519. The van der Waals surface area contributed by atoms with Crippen molar-refractivity contribution in [2.45, 2.75) is 19.8 Å². The lowest BCUT2D eigenvalue weighted by molar-refractivity contribution is -0.118. The molecule has 0 bridgehead atoms. The second kappa shape index (κ2) is 7.09. The minimum atomic E-state index is -0.243. The molecule has 0 atom stereocenters. The highest BCUT2D eigenvalue weighted by Gasteiger charge is 2.05. The molecule has 0 spiro atoms. The van der Waals surface area contributed by atoms with Crippen LogP contribution in [0.15, 0.2) is 42.6 Å². The van der Waals surface area contributed by atoms with Crippen LogP contribution in [-0.4, -0.2) is 17.5 Å². The fourth-order valence-electron chi connectivity index (χ4n) is 1.74. The van der Waals surface area contributed by atoms with Crippen LogP contribution in [0.5, 0.6) is 5.75 Å². The molecular formula is C16H17ClN2O2. The van der Waals surface area contributed by atoms with Gasteiger partial charge in [-0.25, -0.2) is 4.98 Å². The Morgan fingerprint density at radius 3 is 2.52 bits per heavy atom. The van der Waals surface area contributed by atoms with Gasteiger partial charge >= 0.3 is 0 Å². The van der Waals surface area contributed by atoms with Crippen LogP contribution in [-0.2, 0) is 4.79 Å². The number of hydrogen-bond acceptors (Lipinski definition) is 3. The zero-order chi connectivity index (χ0) is 15.2. The Morgan fingerprint density at radius 2 is 1.95 bits per heavy atom. The second-order valence-corrected chi connectivity index (χ2v) is 5.32. The molecule has 1 heterocycles. The SMILES string of the molecule is CC(C)c1ccc(OCC(=O)Nc2ccc(Cl)nc2)cc1. The van der Waals surface area contributed by atoms with Crippen molar-refractivity contribution in [2.24, 2.45) is 0 Å². The summed E-state index contributed by atoms with van der Waals surface area (Å²) in [6.45, 7) is 4.20. The molecule has 0 saturated heterocycles. The lowest BCUT2D eigenvalue weighted by Gasteiger charge is -2.09. The lowest BCUT2D eigenvalue weighted by atomic mass is 10.0. The normalized spacial score (nSPS) is 10.5. The van der Waals surface area contributed by atoms with Crippen molar-refractivity contribution in [2.75, 3.05) is 11.9 Å². The summed E-state index contributed by atoms with van der Waals surface area (Å²) in [5.41, 5.74) is 1.82. The number of ether oxygens (including phenoxy) is 1. The van der Waals surface area contributed by atoms with E-state index in [1.54, 1.807) is 12.1 Å². The van der Waals surface area contributed by atoms with Crippen LogP contribution in [0.3, 0.4) is 0 Å². The number of carbonyl (C=O) groups excluding carboxylic acids is 1. The fraction of sp³-hybridized carbons (Fsp3) is 0.250. The molecule has 0 unspecified atom stereocenters. The summed E-state index contributed by atoms with van der Waals surface area (Å²) in [4.78, 5) is 15.6. The Labute approximate surface area is 129 Å². The Hall–Kier alpha value is -2.07. The van der Waals surface area contributed by atoms with Crippen LogP contribution in [0.4, 0.5) is 5.69 Å². The molecule has 1 amide bonds. The minimum Gasteiger partial charge on any atom is -0.484 e. The molecule has 0 aliphatic rings. The number of amides is 1. The van der Waals surface area contributed by atoms with Gasteiger partial charge in [-0.2, -0.15) is 0 Å². The van der Waals surface area contributed by atoms with Crippen molar-refractivity contribution in [1.29, 1.82) is 0 Å². The third-order valence-corrected chi connectivity index (χ3v) is 3.15. The van der Waals surface area contributed by atoms with E-state index in [4.69, 9.17) is 16.3 Å². The monoisotopic (exact) mass is 304 g/mol. The van der Waals surface area contributed by atoms with E-state index >= 15 is 0 Å². The van der Waals surface area contributed by atoms with Gasteiger partial charge in [0, 0.05) is 0 Å². The molecule has 1 aromatic carbocycles. The van der Waals surface area contributed by atoms with Gasteiger partial charge < -0.3 is 10.1 Å². The van der Waals surface area contributed by atoms with Crippen LogP contribution in [0.2, 0.25) is 5.15 Å². The van der Waals surface area contributed by atoms with Gasteiger partial charge in [-0.1, -0.05) is 37.6 Å². The highest BCUT2D eigenvalue weighted by Crippen LogP contribution is 2.18. The molecule has 0 fully saturated rings. The average Bonchev–Trinajstić information content (AvgIpc) is 2.48. The van der Waals surface area contributed by atoms with E-state index in [2.05, 4.69) is 24.1 Å². The Morgan fingerprint density at radius 1 is 1.24 bits per heavy atom. The van der Waals surface area contributed by atoms with E-state index < -0.39 is 0 Å². The highest BCUT2D eigenvalue weighted by molar-refractivity contribution is 6.29. The summed E-state index contributed by atoms with van der Waals surface area (Å²) in [5, 5.41) is 3.07. The third-order valence-electron chi connectivity index (χ3n) is 2.93. The molecule has 1 aromatic heterocycles. The van der Waals surface area contributed by atoms with E-state index in [1.165, 1.54) is 11.8 Å². The summed E-state index contributed by atoms with van der Waals surface area (Å²) in [7, 11) is 0. The van der Waals surface area contributed by atoms with Crippen molar-refractivity contribution in [3.05, 3.63) is 53.3 Å². The maximum atomic E-state index is 11.7. The molecule has 4 nitrogen and oxygen atoms in total. The van der Waals surface area contributed by atoms with Crippen molar-refractivity contribution >= 4 is 23.2 Å². The molecule has 2 rings (SSSR count). The maximum Gasteiger partial charge on any atom is 0.262 e. The van der Waals surface area contributed by atoms with E-state index in [0.717, 1.165) is 0 Å². The first-order valence-electron chi connectivity index (χ1n) is 6.69. The fourth-order valence-corrected chi connectivity index (χ4v) is 1.86. The number of anilines is 1. The summed E-state index contributed by atoms with van der Waals surface area (Å²) in [5.74, 6) is 0.899. The maximum absolute atomic E-state index is 11.7. The van der Waals surface area contributed by atoms with Crippen LogP contribution < -0.4 is 10.1 Å². The third kappa shape index (κ3) is 4.76. The quantitative estimate of drug-likeness (QED) is 0.853. The molecule has 1 N–H and O–H groups in total. The number of rotatable bonds is 5. The number of aromatic nitrogens is 1. The number of nitrogens with one attached hydrogen (secondary N) is 1. The van der Waals surface area contributed by atoms with E-state index in [-0.39, 0.29) is 12.5 Å². The van der Waals surface area contributed by atoms with Crippen LogP contribution in [0, 0.1) is 0 Å². The second-order valence-electron chi connectivity index (χ2n) is 4.93. The summed E-state index contributed by atoms with van der Waals surface area (Å²) < 4.78 is 5.44. The van der Waals surface area contributed by atoms with E-state index in [0.29, 0.717) is 22.5 Å². The summed E-state index contributed by atoms with van der Waals surface area (Å²) in [6, 6.07) is 11.0. The van der Waals surface area contributed by atoms with Gasteiger partial charge in [-0.15, -0.1) is 0 Å². The molecule has 21 heavy (non-hydrogen) atoms. The zero-order valence-corrected chi connectivity index (χ0v) is 12.7. The van der Waals surface area contributed by atoms with Gasteiger partial charge in [-0.05, 0) is 35.7 Å². The molecule has 5 heteroatoms. The zero-order valence-electron chi connectivity index (χ0n) is 12.0. The molecule has 2 aromatic rings.